The van der Waals surface area contributed by atoms with Crippen molar-refractivity contribution in [2.24, 2.45) is 17.1 Å². The van der Waals surface area contributed by atoms with Crippen molar-refractivity contribution in [2.45, 2.75) is 25.8 Å². The molecule has 2 fully saturated rings. The quantitative estimate of drug-likeness (QED) is 0.590. The minimum absolute atomic E-state index is 0.0128. The Bertz CT molecular complexity index is 256. The summed E-state index contributed by atoms with van der Waals surface area (Å²) in [7, 11) is 0. The van der Waals surface area contributed by atoms with Gasteiger partial charge >= 0.3 is 0 Å². The van der Waals surface area contributed by atoms with Gasteiger partial charge in [-0.05, 0) is 25.7 Å². The van der Waals surface area contributed by atoms with Crippen molar-refractivity contribution in [1.82, 2.24) is 5.32 Å². The van der Waals surface area contributed by atoms with E-state index >= 15 is 0 Å². The molecule has 12 heavy (non-hydrogen) atoms. The zero-order valence-electron chi connectivity index (χ0n) is 6.96. The van der Waals surface area contributed by atoms with Gasteiger partial charge in [-0.25, -0.2) is 0 Å². The number of hydrogen-bond donors (Lipinski definition) is 2. The molecular weight excluding hydrogens is 156 g/mol. The smallest absolute Gasteiger partial charge is 0.239 e. The van der Waals surface area contributed by atoms with E-state index in [-0.39, 0.29) is 11.3 Å². The second-order valence-electron chi connectivity index (χ2n) is 3.86. The van der Waals surface area contributed by atoms with E-state index in [4.69, 9.17) is 5.73 Å². The van der Waals surface area contributed by atoms with Crippen molar-refractivity contribution < 1.29 is 9.59 Å². The number of carbonyl (C=O) groups is 2. The first-order chi connectivity index (χ1) is 5.56. The van der Waals surface area contributed by atoms with Gasteiger partial charge in [0.1, 0.15) is 6.04 Å². The van der Waals surface area contributed by atoms with Crippen LogP contribution < -0.4 is 11.1 Å². The summed E-state index contributed by atoms with van der Waals surface area (Å²) in [6.07, 6.45) is 2.01. The lowest BCUT2D eigenvalue weighted by atomic mass is 10.2. The Hall–Kier alpha value is -1.06. The number of amides is 2. The molecule has 1 atom stereocenters. The van der Waals surface area contributed by atoms with E-state index < -0.39 is 11.9 Å². The number of rotatable bonds is 3. The van der Waals surface area contributed by atoms with Gasteiger partial charge in [0.05, 0.1) is 5.41 Å². The lowest BCUT2D eigenvalue weighted by Gasteiger charge is -2.11. The third-order valence-electron chi connectivity index (χ3n) is 2.91. The topological polar surface area (TPSA) is 72.2 Å². The molecule has 4 heteroatoms. The first-order valence-corrected chi connectivity index (χ1v) is 4.16. The van der Waals surface area contributed by atoms with Crippen LogP contribution in [-0.2, 0) is 9.59 Å². The summed E-state index contributed by atoms with van der Waals surface area (Å²) in [6.45, 7) is 1.61. The molecule has 0 saturated heterocycles. The average Bonchev–Trinajstić information content (AvgIpc) is 2.70. The van der Waals surface area contributed by atoms with Crippen LogP contribution in [0.25, 0.3) is 0 Å². The van der Waals surface area contributed by atoms with E-state index in [1.165, 1.54) is 0 Å². The Labute approximate surface area is 70.5 Å². The van der Waals surface area contributed by atoms with Crippen molar-refractivity contribution in [1.29, 1.82) is 0 Å². The van der Waals surface area contributed by atoms with E-state index in [1.807, 2.05) is 0 Å². The second-order valence-corrected chi connectivity index (χ2v) is 3.86. The summed E-state index contributed by atoms with van der Waals surface area (Å²) in [5, 5.41) is 2.61. The highest BCUT2D eigenvalue weighted by molar-refractivity contribution is 5.93. The molecule has 66 valence electrons. The van der Waals surface area contributed by atoms with Gasteiger partial charge in [0.15, 0.2) is 0 Å². The van der Waals surface area contributed by atoms with E-state index in [9.17, 15) is 9.59 Å². The molecule has 0 aromatic heterocycles. The molecule has 0 aliphatic heterocycles. The zero-order chi connectivity index (χ0) is 8.93. The van der Waals surface area contributed by atoms with E-state index in [2.05, 4.69) is 5.32 Å². The van der Waals surface area contributed by atoms with Gasteiger partial charge < -0.3 is 11.1 Å². The lowest BCUT2D eigenvalue weighted by molar-refractivity contribution is -0.129. The normalized spacial score (nSPS) is 37.9. The fraction of sp³-hybridized carbons (Fsp3) is 0.750. The molecule has 0 aromatic carbocycles. The maximum Gasteiger partial charge on any atom is 0.239 e. The summed E-state index contributed by atoms with van der Waals surface area (Å²) in [5.41, 5.74) is 4.94. The zero-order valence-corrected chi connectivity index (χ0v) is 6.96. The first-order valence-electron chi connectivity index (χ1n) is 4.16. The minimum atomic E-state index is -0.534. The molecule has 0 spiro atoms. The largest absolute Gasteiger partial charge is 0.368 e. The molecule has 2 amide bonds. The van der Waals surface area contributed by atoms with Gasteiger partial charge in [0.25, 0.3) is 0 Å². The van der Waals surface area contributed by atoms with E-state index in [0.717, 1.165) is 12.8 Å². The van der Waals surface area contributed by atoms with Crippen LogP contribution in [0.4, 0.5) is 0 Å². The van der Waals surface area contributed by atoms with Gasteiger partial charge in [-0.1, -0.05) is 0 Å². The van der Waals surface area contributed by atoms with Crippen LogP contribution in [0.5, 0.6) is 0 Å². The van der Waals surface area contributed by atoms with Crippen molar-refractivity contribution in [3.8, 4) is 0 Å². The van der Waals surface area contributed by atoms with Gasteiger partial charge in [-0.3, -0.25) is 9.59 Å². The Morgan fingerprint density at radius 2 is 2.08 bits per heavy atom. The molecule has 0 heterocycles. The first kappa shape index (κ1) is 7.58. The molecule has 2 saturated carbocycles. The SMILES string of the molecule is CC(NC(=O)C12CC1C2)C(N)=O. The Kier molecular flexibility index (Phi) is 1.26. The Balaban J connectivity index is 1.86. The summed E-state index contributed by atoms with van der Waals surface area (Å²) < 4.78 is 0. The third-order valence-corrected chi connectivity index (χ3v) is 2.91. The van der Waals surface area contributed by atoms with Crippen LogP contribution in [0.2, 0.25) is 0 Å². The van der Waals surface area contributed by atoms with Crippen LogP contribution in [0.15, 0.2) is 0 Å². The number of carbonyl (C=O) groups excluding carboxylic acids is 2. The van der Waals surface area contributed by atoms with Crippen molar-refractivity contribution in [3.05, 3.63) is 0 Å². The standard InChI is InChI=1S/C8H12N2O2/c1-4(6(9)11)10-7(12)8-2-5(8)3-8/h4-5H,2-3H2,1H3,(H2,9,11)(H,10,12). The Morgan fingerprint density at radius 3 is 2.42 bits per heavy atom. The maximum atomic E-state index is 11.4. The molecule has 0 radical (unpaired) electrons. The number of nitrogens with two attached hydrogens (primary N) is 1. The highest BCUT2D eigenvalue weighted by Gasteiger charge is 2.74. The minimum Gasteiger partial charge on any atom is -0.368 e. The number of fused-ring (bicyclic) bond motifs is 1. The van der Waals surface area contributed by atoms with Crippen LogP contribution in [0.3, 0.4) is 0 Å². The summed E-state index contributed by atoms with van der Waals surface area (Å²) in [5.74, 6) is 0.147. The van der Waals surface area contributed by atoms with Crippen LogP contribution in [-0.4, -0.2) is 17.9 Å². The molecule has 2 aliphatic rings. The molecule has 2 rings (SSSR count). The third kappa shape index (κ3) is 0.906. The molecule has 3 N–H and O–H groups in total. The Morgan fingerprint density at radius 1 is 1.58 bits per heavy atom. The predicted octanol–water partition coefficient (Wildman–Crippen LogP) is -0.614. The van der Waals surface area contributed by atoms with Crippen molar-refractivity contribution >= 4 is 11.8 Å². The molecule has 1 unspecified atom stereocenters. The predicted molar refractivity (Wildman–Crippen MR) is 42.0 cm³/mol. The molecule has 0 aromatic rings. The number of hydrogen-bond acceptors (Lipinski definition) is 2. The molecule has 0 bridgehead atoms. The van der Waals surface area contributed by atoms with Crippen LogP contribution in [0.1, 0.15) is 19.8 Å². The maximum absolute atomic E-state index is 11.4. The lowest BCUT2D eigenvalue weighted by Crippen LogP contribution is -2.43. The molecular formula is C8H12N2O2. The highest BCUT2D eigenvalue weighted by Crippen LogP contribution is 2.75. The van der Waals surface area contributed by atoms with Crippen molar-refractivity contribution in [3.63, 3.8) is 0 Å². The molecule has 2 aliphatic carbocycles. The van der Waals surface area contributed by atoms with Gasteiger partial charge in [0, 0.05) is 0 Å². The van der Waals surface area contributed by atoms with Crippen molar-refractivity contribution in [2.75, 3.05) is 0 Å². The van der Waals surface area contributed by atoms with Crippen LogP contribution >= 0.6 is 0 Å². The summed E-state index contributed by atoms with van der Waals surface area (Å²) in [4.78, 5) is 22.0. The van der Waals surface area contributed by atoms with Gasteiger partial charge in [-0.2, -0.15) is 0 Å². The summed E-state index contributed by atoms with van der Waals surface area (Å²) in [6, 6.07) is -0.534. The fourth-order valence-electron chi connectivity index (χ4n) is 1.48. The van der Waals surface area contributed by atoms with Gasteiger partial charge in [-0.15, -0.1) is 0 Å². The average molecular weight is 168 g/mol. The second kappa shape index (κ2) is 2.00. The van der Waals surface area contributed by atoms with E-state index in [1.54, 1.807) is 6.92 Å². The number of nitrogens with one attached hydrogen (secondary N) is 1. The number of primary amides is 1. The monoisotopic (exact) mass is 168 g/mol. The van der Waals surface area contributed by atoms with Gasteiger partial charge in [0.2, 0.25) is 11.8 Å². The highest BCUT2D eigenvalue weighted by atomic mass is 16.2. The van der Waals surface area contributed by atoms with E-state index in [0.29, 0.717) is 5.92 Å². The van der Waals surface area contributed by atoms with Crippen LogP contribution in [0, 0.1) is 11.3 Å². The molecule has 4 nitrogen and oxygen atoms in total. The fourth-order valence-corrected chi connectivity index (χ4v) is 1.48. The summed E-state index contributed by atoms with van der Waals surface area (Å²) >= 11 is 0.